The first-order valence-electron chi connectivity index (χ1n) is 17.1. The Morgan fingerprint density at radius 3 is 2.68 bits per heavy atom. The summed E-state index contributed by atoms with van der Waals surface area (Å²) in [5.74, 6) is 1.59. The highest BCUT2D eigenvalue weighted by atomic mass is 35.5. The van der Waals surface area contributed by atoms with Crippen molar-refractivity contribution in [3.63, 3.8) is 0 Å². The van der Waals surface area contributed by atoms with E-state index in [2.05, 4.69) is 64.0 Å². The van der Waals surface area contributed by atoms with E-state index in [-0.39, 0.29) is 22.9 Å². The third kappa shape index (κ3) is 5.21. The van der Waals surface area contributed by atoms with E-state index in [1.165, 1.54) is 6.08 Å². The predicted octanol–water partition coefficient (Wildman–Crippen LogP) is 5.40. The number of nitrogens with one attached hydrogen (secondary N) is 1. The molecule has 1 N–H and O–H groups in total. The Morgan fingerprint density at radius 1 is 1.17 bits per heavy atom. The van der Waals surface area contributed by atoms with Crippen LogP contribution in [0.4, 0.5) is 5.82 Å². The second-order valence-electron chi connectivity index (χ2n) is 15.6. The van der Waals surface area contributed by atoms with Crippen LogP contribution in [0, 0.1) is 18.3 Å². The van der Waals surface area contributed by atoms with E-state index in [0.717, 1.165) is 112 Å². The molecule has 2 aromatic heterocycles. The zero-order valence-corrected chi connectivity index (χ0v) is 29.4. The molecule has 0 radical (unpaired) electrons. The molecule has 1 aromatic carbocycles. The van der Waals surface area contributed by atoms with Crippen LogP contribution < -0.4 is 4.90 Å². The number of benzene rings is 1. The lowest BCUT2D eigenvalue weighted by molar-refractivity contribution is -0.149. The van der Waals surface area contributed by atoms with Gasteiger partial charge in [0.2, 0.25) is 5.91 Å². The van der Waals surface area contributed by atoms with Gasteiger partial charge in [-0.25, -0.2) is 0 Å². The van der Waals surface area contributed by atoms with Crippen molar-refractivity contribution >= 4 is 45.8 Å². The van der Waals surface area contributed by atoms with Crippen LogP contribution in [0.5, 0.6) is 0 Å². The van der Waals surface area contributed by atoms with Gasteiger partial charge in [-0.2, -0.15) is 10.2 Å². The Morgan fingerprint density at radius 2 is 1.96 bits per heavy atom. The van der Waals surface area contributed by atoms with Crippen molar-refractivity contribution < 1.29 is 9.53 Å². The van der Waals surface area contributed by atoms with Crippen LogP contribution in [-0.4, -0.2) is 118 Å². The molecule has 5 fully saturated rings. The van der Waals surface area contributed by atoms with Crippen LogP contribution in [0.25, 0.3) is 22.0 Å². The van der Waals surface area contributed by atoms with E-state index in [1.54, 1.807) is 0 Å². The molecule has 4 saturated heterocycles. The largest absolute Gasteiger partial charge is 0.374 e. The quantitative estimate of drug-likeness (QED) is 0.349. The smallest absolute Gasteiger partial charge is 0.245 e. The highest BCUT2D eigenvalue weighted by molar-refractivity contribution is 6.45. The Hall–Kier alpha value is -2.63. The molecule has 1 saturated carbocycles. The molecule has 4 aliphatic heterocycles. The minimum Gasteiger partial charge on any atom is -0.374 e. The fourth-order valence-electron chi connectivity index (χ4n) is 9.57. The highest BCUT2D eigenvalue weighted by Crippen LogP contribution is 2.56. The van der Waals surface area contributed by atoms with Crippen molar-refractivity contribution in [3.05, 3.63) is 40.7 Å². The Labute approximate surface area is 287 Å². The number of morpholine rings is 1. The van der Waals surface area contributed by atoms with Gasteiger partial charge in [0.1, 0.15) is 0 Å². The maximum atomic E-state index is 12.1. The summed E-state index contributed by atoms with van der Waals surface area (Å²) in [6.07, 6.45) is 7.77. The number of nitrogens with zero attached hydrogens (tertiary/aromatic N) is 7. The number of aromatic amines is 1. The molecular formula is C35H46Cl2N8O2. The molecule has 3 atom stereocenters. The number of halogens is 2. The molecule has 1 amide bonds. The number of amides is 1. The number of hydrogen-bond acceptors (Lipinski definition) is 7. The summed E-state index contributed by atoms with van der Waals surface area (Å²) in [6.45, 7) is 18.1. The van der Waals surface area contributed by atoms with Gasteiger partial charge in [-0.15, -0.1) is 0 Å². The van der Waals surface area contributed by atoms with Gasteiger partial charge in [0.25, 0.3) is 0 Å². The van der Waals surface area contributed by atoms with E-state index in [0.29, 0.717) is 28.1 Å². The molecule has 1 aliphatic carbocycles. The molecule has 3 aromatic rings. The summed E-state index contributed by atoms with van der Waals surface area (Å²) in [5, 5.41) is 14.9. The van der Waals surface area contributed by atoms with Crippen LogP contribution in [0.3, 0.4) is 0 Å². The number of hydrogen-bond donors (Lipinski definition) is 1. The standard InChI is InChI=1S/C35H46Cl2N8O2/c1-6-29(46)43-19-35(20-43)13-23(14-35)45-21(2)30(31-24-15-38-39-26(24)11-25(36)32(31)37)33(40-45)44-8-7-22(12-34(44,3)4)16-42-17-27-28(18-42)47-10-9-41(27)5/h6,11,15,22-23,27-28H,1,7-10,12-14,16-20H2,2-5H3,(H,38,39)/t22-,27-,28+/m1/s1. The maximum absolute atomic E-state index is 12.1. The summed E-state index contributed by atoms with van der Waals surface area (Å²) < 4.78 is 8.38. The van der Waals surface area contributed by atoms with Crippen LogP contribution in [-0.2, 0) is 9.53 Å². The molecule has 0 bridgehead atoms. The number of carbonyl (C=O) groups is 1. The minimum atomic E-state index is -0.121. The van der Waals surface area contributed by atoms with Gasteiger partial charge in [0.05, 0.1) is 40.5 Å². The molecule has 0 unspecified atom stereocenters. The molecule has 12 heteroatoms. The Balaban J connectivity index is 1.09. The van der Waals surface area contributed by atoms with E-state index < -0.39 is 0 Å². The lowest BCUT2D eigenvalue weighted by atomic mass is 9.60. The summed E-state index contributed by atoms with van der Waals surface area (Å²) in [7, 11) is 2.24. The summed E-state index contributed by atoms with van der Waals surface area (Å²) >= 11 is 13.8. The molecule has 10 nitrogen and oxygen atoms in total. The number of carbonyl (C=O) groups excluding carboxylic acids is 1. The second kappa shape index (κ2) is 11.5. The number of piperidine rings is 1. The SMILES string of the molecule is C=CC(=O)N1CC2(CC(n3nc(N4CC[C@@H](CN5C[C@@H]6OCCN(C)[C@@H]6C5)CC4(C)C)c(-c4c(Cl)c(Cl)cc5[nH]ncc45)c3C)C2)C1. The Bertz CT molecular complexity index is 1720. The first-order valence-corrected chi connectivity index (χ1v) is 17.9. The predicted molar refractivity (Wildman–Crippen MR) is 186 cm³/mol. The van der Waals surface area contributed by atoms with E-state index in [1.807, 2.05) is 17.2 Å². The average Bonchev–Trinajstić information content (AvgIpc) is 3.70. The second-order valence-corrected chi connectivity index (χ2v) is 16.4. The van der Waals surface area contributed by atoms with Crippen LogP contribution in [0.15, 0.2) is 24.9 Å². The summed E-state index contributed by atoms with van der Waals surface area (Å²) in [5.41, 5.74) is 3.94. The molecule has 8 rings (SSSR count). The molecular weight excluding hydrogens is 635 g/mol. The molecule has 47 heavy (non-hydrogen) atoms. The van der Waals surface area contributed by atoms with Gasteiger partial charge in [0, 0.05) is 85.0 Å². The minimum absolute atomic E-state index is 0.0213. The average molecular weight is 682 g/mol. The van der Waals surface area contributed by atoms with E-state index >= 15 is 0 Å². The van der Waals surface area contributed by atoms with E-state index in [4.69, 9.17) is 33.0 Å². The van der Waals surface area contributed by atoms with Crippen molar-refractivity contribution in [3.8, 4) is 11.1 Å². The topological polar surface area (TPSA) is 85.8 Å². The summed E-state index contributed by atoms with van der Waals surface area (Å²) in [4.78, 5) is 21.7. The lowest BCUT2D eigenvalue weighted by Crippen LogP contribution is -2.63. The van der Waals surface area contributed by atoms with Crippen LogP contribution in [0.2, 0.25) is 10.0 Å². The zero-order chi connectivity index (χ0) is 32.8. The number of ether oxygens (including phenoxy) is 1. The first-order chi connectivity index (χ1) is 22.5. The first kappa shape index (κ1) is 31.6. The lowest BCUT2D eigenvalue weighted by Gasteiger charge is -2.58. The number of H-pyrrole nitrogens is 1. The fourth-order valence-corrected chi connectivity index (χ4v) is 10.0. The van der Waals surface area contributed by atoms with Crippen molar-refractivity contribution in [2.45, 2.75) is 70.2 Å². The van der Waals surface area contributed by atoms with Crippen molar-refractivity contribution in [1.29, 1.82) is 0 Å². The van der Waals surface area contributed by atoms with Gasteiger partial charge >= 0.3 is 0 Å². The van der Waals surface area contributed by atoms with Crippen molar-refractivity contribution in [2.24, 2.45) is 11.3 Å². The molecule has 6 heterocycles. The number of anilines is 1. The third-order valence-electron chi connectivity index (χ3n) is 11.9. The number of aromatic nitrogens is 4. The normalized spacial score (nSPS) is 27.7. The fraction of sp³-hybridized carbons (Fsp3) is 0.629. The maximum Gasteiger partial charge on any atom is 0.245 e. The van der Waals surface area contributed by atoms with Gasteiger partial charge in [0.15, 0.2) is 5.82 Å². The third-order valence-corrected chi connectivity index (χ3v) is 12.7. The molecule has 252 valence electrons. The van der Waals surface area contributed by atoms with Crippen LogP contribution >= 0.6 is 23.2 Å². The van der Waals surface area contributed by atoms with Gasteiger partial charge in [-0.05, 0) is 71.6 Å². The molecule has 5 aliphatic rings. The summed E-state index contributed by atoms with van der Waals surface area (Å²) in [6, 6.07) is 2.62. The van der Waals surface area contributed by atoms with Crippen molar-refractivity contribution in [1.82, 2.24) is 34.7 Å². The van der Waals surface area contributed by atoms with Gasteiger partial charge in [-0.1, -0.05) is 29.8 Å². The monoisotopic (exact) mass is 680 g/mol. The van der Waals surface area contributed by atoms with Crippen LogP contribution in [0.1, 0.15) is 51.3 Å². The van der Waals surface area contributed by atoms with Crippen molar-refractivity contribution in [2.75, 3.05) is 64.4 Å². The highest BCUT2D eigenvalue weighted by Gasteiger charge is 2.55. The van der Waals surface area contributed by atoms with Gasteiger partial charge < -0.3 is 14.5 Å². The van der Waals surface area contributed by atoms with E-state index in [9.17, 15) is 4.79 Å². The number of fused-ring (bicyclic) bond motifs is 2. The number of rotatable bonds is 6. The number of likely N-dealkylation sites (N-methyl/N-ethyl adjacent to an activating group) is 1. The zero-order valence-electron chi connectivity index (χ0n) is 27.9. The van der Waals surface area contributed by atoms with Gasteiger partial charge in [-0.3, -0.25) is 24.4 Å². The Kier molecular flexibility index (Phi) is 7.72. The molecule has 1 spiro atoms. The number of likely N-dealkylation sites (tertiary alicyclic amines) is 2.